The molecule has 0 bridgehead atoms. The van der Waals surface area contributed by atoms with E-state index in [1.54, 1.807) is 23.1 Å². The Labute approximate surface area is 157 Å². The monoisotopic (exact) mass is 372 g/mol. The molecule has 0 aromatic heterocycles. The summed E-state index contributed by atoms with van der Waals surface area (Å²) in [5.41, 5.74) is 3.04. The molecule has 26 heavy (non-hydrogen) atoms. The number of hydrogen-bond donors (Lipinski definition) is 1. The maximum Gasteiger partial charge on any atom is 0.337 e. The smallest absolute Gasteiger partial charge is 0.337 e. The zero-order chi connectivity index (χ0) is 18.7. The van der Waals surface area contributed by atoms with E-state index in [9.17, 15) is 9.59 Å². The van der Waals surface area contributed by atoms with Crippen molar-refractivity contribution in [2.75, 3.05) is 25.5 Å². The van der Waals surface area contributed by atoms with Crippen LogP contribution in [-0.2, 0) is 4.74 Å². The Kier molecular flexibility index (Phi) is 5.47. The van der Waals surface area contributed by atoms with E-state index in [0.717, 1.165) is 22.6 Å². The quantitative estimate of drug-likeness (QED) is 0.809. The molecule has 1 N–H and O–H groups in total. The number of carbonyl (C=O) groups excluding carboxylic acids is 2. The second-order valence-electron chi connectivity index (χ2n) is 6.40. The van der Waals surface area contributed by atoms with Gasteiger partial charge in [0.15, 0.2) is 0 Å². The van der Waals surface area contributed by atoms with Crippen LogP contribution in [0, 0.1) is 6.92 Å². The Bertz CT molecular complexity index is 838. The molecule has 1 fully saturated rings. The molecule has 1 heterocycles. The van der Waals surface area contributed by atoms with Crippen molar-refractivity contribution in [3.63, 3.8) is 0 Å². The lowest BCUT2D eigenvalue weighted by Crippen LogP contribution is -2.33. The number of carbonyl (C=O) groups is 2. The Morgan fingerprint density at radius 2 is 2.00 bits per heavy atom. The number of rotatable bonds is 3. The van der Waals surface area contributed by atoms with Crippen LogP contribution in [0.25, 0.3) is 0 Å². The summed E-state index contributed by atoms with van der Waals surface area (Å²) in [4.78, 5) is 26.0. The van der Waals surface area contributed by atoms with Crippen LogP contribution in [0.3, 0.4) is 0 Å². The number of nitrogens with one attached hydrogen (secondary N) is 1. The van der Waals surface area contributed by atoms with Crippen LogP contribution >= 0.6 is 11.6 Å². The summed E-state index contributed by atoms with van der Waals surface area (Å²) >= 11 is 6.28. The van der Waals surface area contributed by atoms with Gasteiger partial charge in [-0.1, -0.05) is 29.8 Å². The van der Waals surface area contributed by atoms with Crippen molar-refractivity contribution in [1.82, 2.24) is 4.90 Å². The first-order chi connectivity index (χ1) is 12.5. The molecule has 0 unspecified atom stereocenters. The number of ether oxygens (including phenoxy) is 1. The molecule has 1 aliphatic rings. The van der Waals surface area contributed by atoms with E-state index in [2.05, 4.69) is 5.32 Å². The van der Waals surface area contributed by atoms with Gasteiger partial charge in [0.25, 0.3) is 0 Å². The van der Waals surface area contributed by atoms with E-state index < -0.39 is 5.97 Å². The molecular weight excluding hydrogens is 352 g/mol. The number of methoxy groups -OCH3 is 1. The van der Waals surface area contributed by atoms with Gasteiger partial charge in [-0.2, -0.15) is 0 Å². The molecule has 1 aliphatic heterocycles. The fourth-order valence-corrected chi connectivity index (χ4v) is 3.54. The lowest BCUT2D eigenvalue weighted by Gasteiger charge is -2.19. The zero-order valence-corrected chi connectivity index (χ0v) is 15.5. The van der Waals surface area contributed by atoms with Gasteiger partial charge in [0.1, 0.15) is 0 Å². The average Bonchev–Trinajstić information content (AvgIpc) is 3.13. The largest absolute Gasteiger partial charge is 0.465 e. The summed E-state index contributed by atoms with van der Waals surface area (Å²) in [5.74, 6) is -0.148. The average molecular weight is 373 g/mol. The van der Waals surface area contributed by atoms with Crippen LogP contribution in [0.1, 0.15) is 33.8 Å². The predicted molar refractivity (Wildman–Crippen MR) is 102 cm³/mol. The number of halogens is 1. The molecule has 0 spiro atoms. The maximum absolute atomic E-state index is 12.6. The van der Waals surface area contributed by atoms with Crippen LogP contribution in [0.4, 0.5) is 10.5 Å². The first-order valence-electron chi connectivity index (χ1n) is 8.49. The summed E-state index contributed by atoms with van der Waals surface area (Å²) in [5, 5.41) is 3.67. The van der Waals surface area contributed by atoms with E-state index >= 15 is 0 Å². The van der Waals surface area contributed by atoms with Crippen molar-refractivity contribution in [2.24, 2.45) is 0 Å². The Balaban J connectivity index is 1.66. The van der Waals surface area contributed by atoms with Crippen molar-refractivity contribution < 1.29 is 14.3 Å². The highest BCUT2D eigenvalue weighted by molar-refractivity contribution is 6.31. The lowest BCUT2D eigenvalue weighted by molar-refractivity contribution is 0.0600. The third-order valence-electron chi connectivity index (χ3n) is 4.71. The van der Waals surface area contributed by atoms with Crippen LogP contribution in [-0.4, -0.2) is 37.1 Å². The molecule has 2 amide bonds. The fraction of sp³-hybridized carbons (Fsp3) is 0.300. The molecule has 0 radical (unpaired) electrons. The number of aryl methyl sites for hydroxylation is 1. The molecule has 1 atom stereocenters. The SMILES string of the molecule is COC(=O)c1ccc(NC(=O)N2CC[C@@H](c3ccccc3Cl)C2)c(C)c1. The van der Waals surface area contributed by atoms with Crippen molar-refractivity contribution >= 4 is 29.3 Å². The van der Waals surface area contributed by atoms with E-state index in [4.69, 9.17) is 16.3 Å². The van der Waals surface area contributed by atoms with E-state index in [1.807, 2.05) is 31.2 Å². The van der Waals surface area contributed by atoms with Crippen molar-refractivity contribution in [2.45, 2.75) is 19.3 Å². The van der Waals surface area contributed by atoms with Gasteiger partial charge in [-0.3, -0.25) is 0 Å². The van der Waals surface area contributed by atoms with Gasteiger partial charge >= 0.3 is 12.0 Å². The number of anilines is 1. The minimum atomic E-state index is -0.395. The molecule has 5 nitrogen and oxygen atoms in total. The van der Waals surface area contributed by atoms with Crippen molar-refractivity contribution in [3.05, 3.63) is 64.2 Å². The highest BCUT2D eigenvalue weighted by atomic mass is 35.5. The second kappa shape index (κ2) is 7.79. The van der Waals surface area contributed by atoms with Gasteiger partial charge in [-0.15, -0.1) is 0 Å². The third-order valence-corrected chi connectivity index (χ3v) is 5.05. The number of urea groups is 1. The van der Waals surface area contributed by atoms with Gasteiger partial charge in [0.05, 0.1) is 12.7 Å². The van der Waals surface area contributed by atoms with Crippen molar-refractivity contribution in [3.8, 4) is 0 Å². The Morgan fingerprint density at radius 1 is 1.23 bits per heavy atom. The van der Waals surface area contributed by atoms with Gasteiger partial charge in [-0.05, 0) is 48.7 Å². The summed E-state index contributed by atoms with van der Waals surface area (Å²) in [7, 11) is 1.34. The number of esters is 1. The predicted octanol–water partition coefficient (Wildman–Crippen LogP) is 4.46. The second-order valence-corrected chi connectivity index (χ2v) is 6.81. The van der Waals surface area contributed by atoms with Gasteiger partial charge in [0, 0.05) is 29.7 Å². The van der Waals surface area contributed by atoms with Gasteiger partial charge in [0.2, 0.25) is 0 Å². The highest BCUT2D eigenvalue weighted by Gasteiger charge is 2.28. The van der Waals surface area contributed by atoms with Gasteiger partial charge in [-0.25, -0.2) is 9.59 Å². The molecule has 2 aromatic carbocycles. The molecule has 3 rings (SSSR count). The molecule has 0 aliphatic carbocycles. The molecule has 136 valence electrons. The van der Waals surface area contributed by atoms with Crippen molar-refractivity contribution in [1.29, 1.82) is 0 Å². The molecule has 6 heteroatoms. The van der Waals surface area contributed by atoms with Gasteiger partial charge < -0.3 is 15.0 Å². The standard InChI is InChI=1S/C20H21ClN2O3/c1-13-11-14(19(24)26-2)7-8-18(13)22-20(25)23-10-9-15(12-23)16-5-3-4-6-17(16)21/h3-8,11,15H,9-10,12H2,1-2H3,(H,22,25)/t15-/m1/s1. The lowest BCUT2D eigenvalue weighted by atomic mass is 9.98. The Morgan fingerprint density at radius 3 is 2.69 bits per heavy atom. The highest BCUT2D eigenvalue weighted by Crippen LogP contribution is 2.32. The summed E-state index contributed by atoms with van der Waals surface area (Å²) < 4.78 is 4.71. The topological polar surface area (TPSA) is 58.6 Å². The molecular formula is C20H21ClN2O3. The zero-order valence-electron chi connectivity index (χ0n) is 14.8. The minimum Gasteiger partial charge on any atom is -0.465 e. The summed E-state index contributed by atoms with van der Waals surface area (Å²) in [6, 6.07) is 12.7. The number of amides is 2. The number of hydrogen-bond acceptors (Lipinski definition) is 3. The van der Waals surface area contributed by atoms with E-state index in [-0.39, 0.29) is 11.9 Å². The number of likely N-dealkylation sites (tertiary alicyclic amines) is 1. The Hall–Kier alpha value is -2.53. The van der Waals surface area contributed by atoms with E-state index in [0.29, 0.717) is 24.3 Å². The molecule has 1 saturated heterocycles. The fourth-order valence-electron chi connectivity index (χ4n) is 3.25. The first-order valence-corrected chi connectivity index (χ1v) is 8.86. The van der Waals surface area contributed by atoms with Crippen LogP contribution in [0.15, 0.2) is 42.5 Å². The maximum atomic E-state index is 12.6. The summed E-state index contributed by atoms with van der Waals surface area (Å²) in [6.45, 7) is 3.16. The van der Waals surface area contributed by atoms with E-state index in [1.165, 1.54) is 7.11 Å². The molecule has 0 saturated carbocycles. The normalized spacial score (nSPS) is 16.4. The number of benzene rings is 2. The number of nitrogens with zero attached hydrogens (tertiary/aromatic N) is 1. The third kappa shape index (κ3) is 3.83. The van der Waals surface area contributed by atoms with Crippen LogP contribution < -0.4 is 5.32 Å². The van der Waals surface area contributed by atoms with Crippen LogP contribution in [0.5, 0.6) is 0 Å². The van der Waals surface area contributed by atoms with Crippen LogP contribution in [0.2, 0.25) is 5.02 Å². The minimum absolute atomic E-state index is 0.145. The summed E-state index contributed by atoms with van der Waals surface area (Å²) in [6.07, 6.45) is 0.886. The molecule has 2 aromatic rings. The first kappa shape index (κ1) is 18.3.